The Kier molecular flexibility index (Phi) is 5.92. The number of ether oxygens (including phenoxy) is 1. The summed E-state index contributed by atoms with van der Waals surface area (Å²) in [6, 6.07) is 11.3. The Morgan fingerprint density at radius 2 is 1.94 bits per heavy atom. The summed E-state index contributed by atoms with van der Waals surface area (Å²) in [7, 11) is -3.76. The number of morpholine rings is 1. The molecule has 33 heavy (non-hydrogen) atoms. The molecule has 2 heterocycles. The molecule has 2 fully saturated rings. The molecule has 2 N–H and O–H groups in total. The first-order chi connectivity index (χ1) is 15.9. The normalized spacial score (nSPS) is 17.1. The van der Waals surface area contributed by atoms with Crippen molar-refractivity contribution in [2.24, 2.45) is 0 Å². The van der Waals surface area contributed by atoms with Crippen LogP contribution in [0.3, 0.4) is 0 Å². The maximum atomic E-state index is 13.0. The van der Waals surface area contributed by atoms with E-state index in [-0.39, 0.29) is 28.6 Å². The number of carbonyl (C=O) groups excluding carboxylic acids is 1. The Balaban J connectivity index is 1.37. The van der Waals surface area contributed by atoms with Crippen LogP contribution in [0.15, 0.2) is 47.4 Å². The molecule has 1 saturated heterocycles. The van der Waals surface area contributed by atoms with Crippen molar-refractivity contribution in [1.29, 1.82) is 0 Å². The number of aromatic nitrogens is 3. The number of hydrogen-bond acceptors (Lipinski definition) is 6. The van der Waals surface area contributed by atoms with Crippen LogP contribution in [0.25, 0.3) is 11.4 Å². The number of amides is 1. The number of carbonyl (C=O) groups is 1. The summed E-state index contributed by atoms with van der Waals surface area (Å²) < 4.78 is 32.5. The van der Waals surface area contributed by atoms with Gasteiger partial charge in [0.15, 0.2) is 5.82 Å². The van der Waals surface area contributed by atoms with E-state index in [0.717, 1.165) is 24.2 Å². The van der Waals surface area contributed by atoms with Gasteiger partial charge in [-0.2, -0.15) is 9.40 Å². The summed E-state index contributed by atoms with van der Waals surface area (Å²) in [6.45, 7) is 1.21. The third kappa shape index (κ3) is 4.65. The van der Waals surface area contributed by atoms with Gasteiger partial charge in [0, 0.05) is 30.3 Å². The van der Waals surface area contributed by atoms with Crippen LogP contribution in [-0.2, 0) is 14.8 Å². The lowest BCUT2D eigenvalue weighted by Gasteiger charge is -2.26. The predicted octanol–water partition coefficient (Wildman–Crippen LogP) is 3.28. The van der Waals surface area contributed by atoms with Crippen molar-refractivity contribution in [2.45, 2.75) is 23.7 Å². The molecule has 0 unspecified atom stereocenters. The quantitative estimate of drug-likeness (QED) is 0.551. The Bertz CT molecular complexity index is 1300. The molecule has 0 radical (unpaired) electrons. The van der Waals surface area contributed by atoms with E-state index in [1.165, 1.54) is 22.5 Å². The Morgan fingerprint density at radius 3 is 2.70 bits per heavy atom. The molecule has 9 nitrogen and oxygen atoms in total. The summed E-state index contributed by atoms with van der Waals surface area (Å²) in [6.07, 6.45) is 2.23. The minimum absolute atomic E-state index is 0.0148. The van der Waals surface area contributed by atoms with Gasteiger partial charge < -0.3 is 10.1 Å². The van der Waals surface area contributed by atoms with E-state index in [1.54, 1.807) is 18.2 Å². The number of H-pyrrole nitrogens is 1. The third-order valence-electron chi connectivity index (χ3n) is 5.64. The van der Waals surface area contributed by atoms with E-state index < -0.39 is 15.9 Å². The zero-order valence-electron chi connectivity index (χ0n) is 17.6. The molecule has 1 aromatic heterocycles. The zero-order chi connectivity index (χ0) is 23.0. The Morgan fingerprint density at radius 1 is 1.15 bits per heavy atom. The summed E-state index contributed by atoms with van der Waals surface area (Å²) in [5, 5.41) is 10.2. The van der Waals surface area contributed by atoms with Crippen molar-refractivity contribution in [3.8, 4) is 11.4 Å². The highest BCUT2D eigenvalue weighted by atomic mass is 35.5. The van der Waals surface area contributed by atoms with Crippen molar-refractivity contribution in [1.82, 2.24) is 19.5 Å². The number of nitrogens with one attached hydrogen (secondary N) is 2. The summed E-state index contributed by atoms with van der Waals surface area (Å²) in [4.78, 5) is 17.5. The Hall–Kier alpha value is -2.79. The molecule has 2 aliphatic rings. The molecule has 11 heteroatoms. The second-order valence-corrected chi connectivity index (χ2v) is 10.4. The lowest BCUT2D eigenvalue weighted by atomic mass is 10.1. The highest BCUT2D eigenvalue weighted by molar-refractivity contribution is 7.89. The van der Waals surface area contributed by atoms with Gasteiger partial charge >= 0.3 is 0 Å². The molecular weight excluding hydrogens is 466 g/mol. The van der Waals surface area contributed by atoms with E-state index in [9.17, 15) is 13.2 Å². The van der Waals surface area contributed by atoms with Gasteiger partial charge in [0.2, 0.25) is 10.0 Å². The van der Waals surface area contributed by atoms with Crippen LogP contribution in [0.4, 0.5) is 5.69 Å². The average molecular weight is 488 g/mol. The summed E-state index contributed by atoms with van der Waals surface area (Å²) >= 11 is 6.25. The fourth-order valence-corrected chi connectivity index (χ4v) is 5.29. The maximum absolute atomic E-state index is 13.0. The van der Waals surface area contributed by atoms with E-state index in [2.05, 4.69) is 20.5 Å². The van der Waals surface area contributed by atoms with Gasteiger partial charge in [0.05, 0.1) is 28.7 Å². The average Bonchev–Trinajstić information content (AvgIpc) is 3.56. The minimum Gasteiger partial charge on any atom is -0.379 e. The number of rotatable bonds is 6. The first-order valence-electron chi connectivity index (χ1n) is 10.6. The van der Waals surface area contributed by atoms with E-state index in [0.29, 0.717) is 30.6 Å². The number of halogens is 1. The molecule has 1 amide bonds. The van der Waals surface area contributed by atoms with Crippen LogP contribution in [0.2, 0.25) is 5.02 Å². The van der Waals surface area contributed by atoms with E-state index in [4.69, 9.17) is 16.3 Å². The highest BCUT2D eigenvalue weighted by Gasteiger charge is 2.28. The molecule has 5 rings (SSSR count). The molecule has 1 aliphatic carbocycles. The van der Waals surface area contributed by atoms with Gasteiger partial charge in [-0.05, 0) is 43.2 Å². The molecular formula is C22H22ClN5O4S. The van der Waals surface area contributed by atoms with E-state index in [1.807, 2.05) is 6.07 Å². The SMILES string of the molecule is O=C(Nc1cccc(-c2n[nH]c(C3CC3)n2)c1)c1cc(S(=O)(=O)N2CCOCC2)ccc1Cl. The van der Waals surface area contributed by atoms with Gasteiger partial charge in [-0.15, -0.1) is 0 Å². The van der Waals surface area contributed by atoms with Gasteiger partial charge in [-0.25, -0.2) is 13.4 Å². The van der Waals surface area contributed by atoms with Gasteiger partial charge in [-0.1, -0.05) is 23.7 Å². The molecule has 0 spiro atoms. The third-order valence-corrected chi connectivity index (χ3v) is 7.86. The van der Waals surface area contributed by atoms with Gasteiger partial charge in [-0.3, -0.25) is 9.89 Å². The van der Waals surface area contributed by atoms with Crippen LogP contribution < -0.4 is 5.32 Å². The van der Waals surface area contributed by atoms with Crippen molar-refractivity contribution >= 4 is 33.2 Å². The topological polar surface area (TPSA) is 117 Å². The predicted molar refractivity (Wildman–Crippen MR) is 123 cm³/mol. The van der Waals surface area contributed by atoms with E-state index >= 15 is 0 Å². The number of sulfonamides is 1. The number of aromatic amines is 1. The Labute approximate surface area is 196 Å². The van der Waals surface area contributed by atoms with Crippen LogP contribution in [0.5, 0.6) is 0 Å². The van der Waals surface area contributed by atoms with Gasteiger partial charge in [0.25, 0.3) is 5.91 Å². The number of hydrogen-bond donors (Lipinski definition) is 2. The number of anilines is 1. The molecule has 1 saturated carbocycles. The fraction of sp³-hybridized carbons (Fsp3) is 0.318. The van der Waals surface area contributed by atoms with Crippen LogP contribution in [0.1, 0.15) is 34.9 Å². The van der Waals surface area contributed by atoms with Crippen LogP contribution >= 0.6 is 11.6 Å². The molecule has 0 bridgehead atoms. The fourth-order valence-electron chi connectivity index (χ4n) is 3.65. The van der Waals surface area contributed by atoms with Crippen LogP contribution in [0, 0.1) is 0 Å². The molecule has 1 aliphatic heterocycles. The molecule has 172 valence electrons. The minimum atomic E-state index is -3.76. The van der Waals surface area contributed by atoms with Crippen LogP contribution in [-0.4, -0.2) is 60.1 Å². The second-order valence-electron chi connectivity index (χ2n) is 8.01. The van der Waals surface area contributed by atoms with Gasteiger partial charge in [0.1, 0.15) is 5.82 Å². The zero-order valence-corrected chi connectivity index (χ0v) is 19.2. The van der Waals surface area contributed by atoms with Crippen molar-refractivity contribution in [3.63, 3.8) is 0 Å². The highest BCUT2D eigenvalue weighted by Crippen LogP contribution is 2.38. The molecule has 2 aromatic carbocycles. The first-order valence-corrected chi connectivity index (χ1v) is 12.4. The first kappa shape index (κ1) is 22.0. The largest absolute Gasteiger partial charge is 0.379 e. The van der Waals surface area contributed by atoms with Crippen molar-refractivity contribution < 1.29 is 17.9 Å². The standard InChI is InChI=1S/C22H22ClN5O4S/c23-19-7-6-17(33(30,31)28-8-10-32-11-9-28)13-18(19)22(29)24-16-3-1-2-15(12-16)21-25-20(26-27-21)14-4-5-14/h1-3,6-7,12-14H,4-5,8-11H2,(H,24,29)(H,25,26,27). The van der Waals surface area contributed by atoms with Crippen molar-refractivity contribution in [2.75, 3.05) is 31.6 Å². The van der Waals surface area contributed by atoms with Crippen molar-refractivity contribution in [3.05, 3.63) is 58.9 Å². The maximum Gasteiger partial charge on any atom is 0.257 e. The lowest BCUT2D eigenvalue weighted by Crippen LogP contribution is -2.40. The number of nitrogens with zero attached hydrogens (tertiary/aromatic N) is 3. The smallest absolute Gasteiger partial charge is 0.257 e. The summed E-state index contributed by atoms with van der Waals surface area (Å²) in [5.74, 6) is 1.39. The summed E-state index contributed by atoms with van der Waals surface area (Å²) in [5.41, 5.74) is 1.35. The second kappa shape index (κ2) is 8.86. The molecule has 3 aromatic rings. The monoisotopic (exact) mass is 487 g/mol. The molecule has 0 atom stereocenters. The lowest BCUT2D eigenvalue weighted by molar-refractivity contribution is 0.0730. The number of benzene rings is 2.